The summed E-state index contributed by atoms with van der Waals surface area (Å²) in [5.74, 6) is 2.36. The standard InChI is InChI=1S/C45H41BrO8/c46-41-39(53-30-34-19-11-4-12-20-34)26-38(52-29-33-17-9-3-10-18-33)40-44(41)54-43(42(48)45(40)49-24-23-47)35-21-22-36(50-27-31-13-5-1-6-14-31)37(25-35)51-28-32-15-7-2-8-16-32/h1-22,25-26,42-43,45,47-48H,23-24,27-30H2. The fourth-order valence-electron chi connectivity index (χ4n) is 6.24. The number of ether oxygens (including phenoxy) is 6. The lowest BCUT2D eigenvalue weighted by atomic mass is 9.91. The molecule has 0 saturated carbocycles. The zero-order chi connectivity index (χ0) is 37.1. The van der Waals surface area contributed by atoms with Gasteiger partial charge in [-0.2, -0.15) is 0 Å². The number of fused-ring (bicyclic) bond motifs is 1. The normalized spacial score (nSPS) is 16.2. The van der Waals surface area contributed by atoms with Gasteiger partial charge in [0, 0.05) is 6.07 Å². The van der Waals surface area contributed by atoms with Crippen LogP contribution >= 0.6 is 15.9 Å². The molecule has 3 unspecified atom stereocenters. The second kappa shape index (κ2) is 18.1. The van der Waals surface area contributed by atoms with Gasteiger partial charge < -0.3 is 38.6 Å². The maximum Gasteiger partial charge on any atom is 0.162 e. The first kappa shape index (κ1) is 37.0. The molecule has 0 radical (unpaired) electrons. The maximum atomic E-state index is 12.1. The Kier molecular flexibility index (Phi) is 12.4. The third-order valence-electron chi connectivity index (χ3n) is 8.97. The number of hydrogen-bond acceptors (Lipinski definition) is 8. The number of benzene rings is 6. The van der Waals surface area contributed by atoms with E-state index < -0.39 is 18.3 Å². The number of aliphatic hydroxyl groups excluding tert-OH is 2. The third-order valence-corrected chi connectivity index (χ3v) is 9.72. The highest BCUT2D eigenvalue weighted by Gasteiger charge is 2.43. The average molecular weight is 790 g/mol. The molecular formula is C45H41BrO8. The molecule has 54 heavy (non-hydrogen) atoms. The third kappa shape index (κ3) is 9.06. The van der Waals surface area contributed by atoms with Crippen molar-refractivity contribution in [2.75, 3.05) is 13.2 Å². The van der Waals surface area contributed by atoms with Gasteiger partial charge in [-0.05, 0) is 55.9 Å². The van der Waals surface area contributed by atoms with Gasteiger partial charge in [0.2, 0.25) is 0 Å². The minimum Gasteiger partial charge on any atom is -0.488 e. The molecule has 2 N–H and O–H groups in total. The molecule has 0 spiro atoms. The largest absolute Gasteiger partial charge is 0.488 e. The zero-order valence-electron chi connectivity index (χ0n) is 29.6. The molecule has 0 saturated heterocycles. The minimum absolute atomic E-state index is 0.0202. The van der Waals surface area contributed by atoms with Crippen molar-refractivity contribution >= 4 is 15.9 Å². The lowest BCUT2D eigenvalue weighted by Gasteiger charge is -2.38. The molecule has 276 valence electrons. The number of rotatable bonds is 16. The second-order valence-electron chi connectivity index (χ2n) is 12.8. The molecule has 0 amide bonds. The predicted octanol–water partition coefficient (Wildman–Crippen LogP) is 9.31. The molecule has 7 rings (SSSR count). The summed E-state index contributed by atoms with van der Waals surface area (Å²) in [6.45, 7) is 0.952. The molecule has 8 nitrogen and oxygen atoms in total. The molecule has 6 aromatic rings. The average Bonchev–Trinajstić information content (AvgIpc) is 3.22. The topological polar surface area (TPSA) is 95.8 Å². The minimum atomic E-state index is -1.20. The van der Waals surface area contributed by atoms with Crippen LogP contribution in [0.15, 0.2) is 150 Å². The van der Waals surface area contributed by atoms with Gasteiger partial charge in [-0.15, -0.1) is 0 Å². The Balaban J connectivity index is 1.26. The van der Waals surface area contributed by atoms with Crippen LogP contribution in [0.1, 0.15) is 45.6 Å². The number of aliphatic hydroxyl groups is 2. The van der Waals surface area contributed by atoms with Crippen LogP contribution in [0.4, 0.5) is 0 Å². The van der Waals surface area contributed by atoms with Gasteiger partial charge in [0.05, 0.1) is 18.8 Å². The second-order valence-corrected chi connectivity index (χ2v) is 13.6. The lowest BCUT2D eigenvalue weighted by molar-refractivity contribution is -0.108. The number of hydrogen-bond donors (Lipinski definition) is 2. The first-order valence-electron chi connectivity index (χ1n) is 17.8. The van der Waals surface area contributed by atoms with Crippen LogP contribution in [0.2, 0.25) is 0 Å². The summed E-state index contributed by atoms with van der Waals surface area (Å²) < 4.78 is 38.9. The van der Waals surface area contributed by atoms with Crippen molar-refractivity contribution in [3.63, 3.8) is 0 Å². The van der Waals surface area contributed by atoms with Gasteiger partial charge in [-0.3, -0.25) is 0 Å². The molecule has 1 aliphatic rings. The predicted molar refractivity (Wildman–Crippen MR) is 209 cm³/mol. The molecule has 6 aromatic carbocycles. The van der Waals surface area contributed by atoms with Gasteiger partial charge in [0.1, 0.15) is 60.4 Å². The summed E-state index contributed by atoms with van der Waals surface area (Å²) >= 11 is 3.77. The van der Waals surface area contributed by atoms with Crippen molar-refractivity contribution in [2.45, 2.75) is 44.7 Å². The van der Waals surface area contributed by atoms with Crippen LogP contribution in [0, 0.1) is 0 Å². The molecule has 1 heterocycles. The van der Waals surface area contributed by atoms with Crippen molar-refractivity contribution < 1.29 is 38.6 Å². The molecule has 1 aliphatic heterocycles. The van der Waals surface area contributed by atoms with Crippen LogP contribution in [-0.2, 0) is 31.2 Å². The summed E-state index contributed by atoms with van der Waals surface area (Å²) in [5, 5.41) is 21.9. The van der Waals surface area contributed by atoms with Crippen LogP contribution in [0.25, 0.3) is 0 Å². The maximum absolute atomic E-state index is 12.1. The van der Waals surface area contributed by atoms with Gasteiger partial charge in [0.25, 0.3) is 0 Å². The Morgan fingerprint density at radius 2 is 1.00 bits per heavy atom. The summed E-state index contributed by atoms with van der Waals surface area (Å²) in [4.78, 5) is 0. The monoisotopic (exact) mass is 788 g/mol. The van der Waals surface area contributed by atoms with Crippen molar-refractivity contribution in [3.8, 4) is 28.7 Å². The van der Waals surface area contributed by atoms with E-state index in [9.17, 15) is 10.2 Å². The first-order valence-corrected chi connectivity index (χ1v) is 18.6. The lowest BCUT2D eigenvalue weighted by Crippen LogP contribution is -2.36. The van der Waals surface area contributed by atoms with E-state index in [0.29, 0.717) is 64.2 Å². The Bertz CT molecular complexity index is 2080. The Morgan fingerprint density at radius 1 is 0.537 bits per heavy atom. The van der Waals surface area contributed by atoms with E-state index in [0.717, 1.165) is 22.3 Å². The Hall–Kier alpha value is -5.32. The van der Waals surface area contributed by atoms with Crippen molar-refractivity contribution in [3.05, 3.63) is 183 Å². The SMILES string of the molecule is OCCOC1c2c(OCc3ccccc3)cc(OCc3ccccc3)c(Br)c2OC(c2ccc(OCc3ccccc3)c(OCc3ccccc3)c2)C1O. The van der Waals surface area contributed by atoms with Crippen LogP contribution in [-0.4, -0.2) is 29.5 Å². The van der Waals surface area contributed by atoms with E-state index >= 15 is 0 Å². The quantitative estimate of drug-likeness (QED) is 0.100. The molecule has 0 aromatic heterocycles. The van der Waals surface area contributed by atoms with E-state index in [2.05, 4.69) is 15.9 Å². The van der Waals surface area contributed by atoms with Crippen molar-refractivity contribution in [2.24, 2.45) is 0 Å². The molecule has 3 atom stereocenters. The smallest absolute Gasteiger partial charge is 0.162 e. The fraction of sp³-hybridized carbons (Fsp3) is 0.200. The summed E-state index contributed by atoms with van der Waals surface area (Å²) in [6.07, 6.45) is -3.05. The summed E-state index contributed by atoms with van der Waals surface area (Å²) in [5.41, 5.74) is 5.10. The molecule has 0 aliphatic carbocycles. The van der Waals surface area contributed by atoms with Crippen LogP contribution in [0.3, 0.4) is 0 Å². The van der Waals surface area contributed by atoms with Gasteiger partial charge in [-0.1, -0.05) is 127 Å². The molecule has 0 bridgehead atoms. The van der Waals surface area contributed by atoms with E-state index in [-0.39, 0.29) is 19.8 Å². The summed E-state index contributed by atoms with van der Waals surface area (Å²) in [6, 6.07) is 46.8. The molecule has 9 heteroatoms. The molecular weight excluding hydrogens is 748 g/mol. The van der Waals surface area contributed by atoms with E-state index in [1.54, 1.807) is 6.07 Å². The zero-order valence-corrected chi connectivity index (χ0v) is 31.1. The van der Waals surface area contributed by atoms with Gasteiger partial charge in [-0.25, -0.2) is 0 Å². The molecule has 0 fully saturated rings. The summed E-state index contributed by atoms with van der Waals surface area (Å²) in [7, 11) is 0. The van der Waals surface area contributed by atoms with E-state index in [4.69, 9.17) is 28.4 Å². The number of halogens is 1. The first-order chi connectivity index (χ1) is 26.6. The highest BCUT2D eigenvalue weighted by molar-refractivity contribution is 9.10. The fourth-order valence-corrected chi connectivity index (χ4v) is 6.78. The Morgan fingerprint density at radius 3 is 1.50 bits per heavy atom. The highest BCUT2D eigenvalue weighted by atomic mass is 79.9. The highest BCUT2D eigenvalue weighted by Crippen LogP contribution is 2.54. The van der Waals surface area contributed by atoms with Gasteiger partial charge >= 0.3 is 0 Å². The van der Waals surface area contributed by atoms with Crippen LogP contribution < -0.4 is 23.7 Å². The van der Waals surface area contributed by atoms with Gasteiger partial charge in [0.15, 0.2) is 17.6 Å². The van der Waals surface area contributed by atoms with E-state index in [1.807, 2.05) is 140 Å². The van der Waals surface area contributed by atoms with Crippen LogP contribution in [0.5, 0.6) is 28.7 Å². The van der Waals surface area contributed by atoms with E-state index in [1.165, 1.54) is 0 Å². The van der Waals surface area contributed by atoms with Crippen molar-refractivity contribution in [1.29, 1.82) is 0 Å². The van der Waals surface area contributed by atoms with Crippen molar-refractivity contribution in [1.82, 2.24) is 0 Å². The Labute approximate surface area is 323 Å².